The van der Waals surface area contributed by atoms with Gasteiger partial charge in [-0.1, -0.05) is 25.0 Å². The topological polar surface area (TPSA) is 44.7 Å². The number of hydrazone groups is 1. The van der Waals surface area contributed by atoms with E-state index < -0.39 is 0 Å². The zero-order valence-corrected chi connectivity index (χ0v) is 11.5. The minimum atomic E-state index is -0.315. The first-order valence-corrected chi connectivity index (χ1v) is 7.04. The largest absolute Gasteiger partial charge is 0.294 e. The summed E-state index contributed by atoms with van der Waals surface area (Å²) in [5.41, 5.74) is 3.11. The summed E-state index contributed by atoms with van der Waals surface area (Å²) in [6.45, 7) is 2.32. The number of benzene rings is 1. The molecule has 1 amide bonds. The lowest BCUT2D eigenvalue weighted by Crippen LogP contribution is -2.35. The summed E-state index contributed by atoms with van der Waals surface area (Å²) in [6, 6.07) is 6.07. The lowest BCUT2D eigenvalue weighted by Gasteiger charge is -2.17. The third kappa shape index (κ3) is 5.09. The number of nitrogens with zero attached hydrogens (tertiary/aromatic N) is 2. The maximum atomic E-state index is 12.9. The molecule has 0 unspecified atom stereocenters. The first kappa shape index (κ1) is 14.7. The van der Waals surface area contributed by atoms with Gasteiger partial charge in [0.25, 0.3) is 5.91 Å². The van der Waals surface area contributed by atoms with Crippen molar-refractivity contribution in [3.63, 3.8) is 0 Å². The maximum Gasteiger partial charge on any atom is 0.254 e. The molecule has 1 heterocycles. The average molecular weight is 277 g/mol. The number of amides is 1. The molecule has 0 aliphatic carbocycles. The summed E-state index contributed by atoms with van der Waals surface area (Å²) >= 11 is 0. The minimum absolute atomic E-state index is 0.125. The predicted octanol–water partition coefficient (Wildman–Crippen LogP) is 2.15. The van der Waals surface area contributed by atoms with Crippen LogP contribution in [0.1, 0.15) is 31.2 Å². The Hall–Kier alpha value is -1.75. The van der Waals surface area contributed by atoms with Crippen LogP contribution >= 0.6 is 0 Å². The second-order valence-corrected chi connectivity index (χ2v) is 5.04. The van der Waals surface area contributed by atoms with Crippen molar-refractivity contribution in [1.29, 1.82) is 0 Å². The molecular weight excluding hydrogens is 257 g/mol. The minimum Gasteiger partial charge on any atom is -0.294 e. The van der Waals surface area contributed by atoms with Crippen molar-refractivity contribution < 1.29 is 9.18 Å². The number of rotatable bonds is 4. The SMILES string of the molecule is O=C(CN1CCCCCC1)N/N=C\c1cccc(F)c1. The number of halogens is 1. The molecule has 1 N–H and O–H groups in total. The lowest BCUT2D eigenvalue weighted by atomic mass is 10.2. The van der Waals surface area contributed by atoms with Gasteiger partial charge in [0, 0.05) is 0 Å². The van der Waals surface area contributed by atoms with Crippen molar-refractivity contribution in [3.8, 4) is 0 Å². The Morgan fingerprint density at radius 1 is 1.30 bits per heavy atom. The molecule has 1 aliphatic heterocycles. The molecule has 0 spiro atoms. The summed E-state index contributed by atoms with van der Waals surface area (Å²) in [4.78, 5) is 13.9. The molecule has 0 saturated carbocycles. The Morgan fingerprint density at radius 3 is 2.75 bits per heavy atom. The van der Waals surface area contributed by atoms with E-state index in [0.29, 0.717) is 12.1 Å². The Kier molecular flexibility index (Phi) is 5.68. The molecule has 0 atom stereocenters. The Bertz CT molecular complexity index is 468. The van der Waals surface area contributed by atoms with Crippen LogP contribution in [0.25, 0.3) is 0 Å². The fourth-order valence-electron chi connectivity index (χ4n) is 2.30. The van der Waals surface area contributed by atoms with Crippen LogP contribution in [0.5, 0.6) is 0 Å². The fourth-order valence-corrected chi connectivity index (χ4v) is 2.30. The molecule has 1 aliphatic rings. The number of hydrogen-bond donors (Lipinski definition) is 1. The predicted molar refractivity (Wildman–Crippen MR) is 77.0 cm³/mol. The Morgan fingerprint density at radius 2 is 2.05 bits per heavy atom. The molecular formula is C15H20FN3O. The maximum absolute atomic E-state index is 12.9. The number of carbonyl (C=O) groups is 1. The fraction of sp³-hybridized carbons (Fsp3) is 0.467. The van der Waals surface area contributed by atoms with E-state index in [1.165, 1.54) is 31.2 Å². The molecule has 108 valence electrons. The molecule has 0 bridgehead atoms. The van der Waals surface area contributed by atoms with Gasteiger partial charge in [0.1, 0.15) is 5.82 Å². The van der Waals surface area contributed by atoms with E-state index in [2.05, 4.69) is 15.4 Å². The van der Waals surface area contributed by atoms with Gasteiger partial charge in [0.15, 0.2) is 0 Å². The van der Waals surface area contributed by atoms with E-state index in [1.807, 2.05) is 0 Å². The van der Waals surface area contributed by atoms with Gasteiger partial charge in [-0.05, 0) is 43.6 Å². The zero-order valence-electron chi connectivity index (χ0n) is 11.5. The molecule has 4 nitrogen and oxygen atoms in total. The lowest BCUT2D eigenvalue weighted by molar-refractivity contribution is -0.122. The quantitative estimate of drug-likeness (QED) is 0.677. The third-order valence-electron chi connectivity index (χ3n) is 3.32. The number of carbonyl (C=O) groups excluding carboxylic acids is 1. The molecule has 1 aromatic carbocycles. The van der Waals surface area contributed by atoms with Crippen LogP contribution in [0.15, 0.2) is 29.4 Å². The average Bonchev–Trinajstić information content (AvgIpc) is 2.67. The van der Waals surface area contributed by atoms with Crippen LogP contribution in [-0.2, 0) is 4.79 Å². The van der Waals surface area contributed by atoms with Gasteiger partial charge in [-0.2, -0.15) is 5.10 Å². The van der Waals surface area contributed by atoms with Gasteiger partial charge >= 0.3 is 0 Å². The first-order valence-electron chi connectivity index (χ1n) is 7.04. The number of nitrogens with one attached hydrogen (secondary N) is 1. The van der Waals surface area contributed by atoms with Gasteiger partial charge in [-0.15, -0.1) is 0 Å². The number of likely N-dealkylation sites (tertiary alicyclic amines) is 1. The molecule has 5 heteroatoms. The van der Waals surface area contributed by atoms with Gasteiger partial charge in [-0.3, -0.25) is 9.69 Å². The van der Waals surface area contributed by atoms with Crippen LogP contribution in [-0.4, -0.2) is 36.7 Å². The van der Waals surface area contributed by atoms with E-state index in [0.717, 1.165) is 25.9 Å². The Balaban J connectivity index is 1.76. The van der Waals surface area contributed by atoms with Crippen LogP contribution in [0.4, 0.5) is 4.39 Å². The number of hydrogen-bond acceptors (Lipinski definition) is 3. The smallest absolute Gasteiger partial charge is 0.254 e. The highest BCUT2D eigenvalue weighted by atomic mass is 19.1. The second-order valence-electron chi connectivity index (χ2n) is 5.04. The molecule has 20 heavy (non-hydrogen) atoms. The monoisotopic (exact) mass is 277 g/mol. The van der Waals surface area contributed by atoms with Crippen LogP contribution < -0.4 is 5.43 Å². The van der Waals surface area contributed by atoms with E-state index >= 15 is 0 Å². The van der Waals surface area contributed by atoms with Crippen molar-refractivity contribution in [2.75, 3.05) is 19.6 Å². The van der Waals surface area contributed by atoms with Gasteiger partial charge < -0.3 is 0 Å². The van der Waals surface area contributed by atoms with Gasteiger partial charge in [0.2, 0.25) is 0 Å². The molecule has 1 saturated heterocycles. The summed E-state index contributed by atoms with van der Waals surface area (Å²) in [6.07, 6.45) is 6.24. The van der Waals surface area contributed by atoms with Gasteiger partial charge in [-0.25, -0.2) is 9.82 Å². The second kappa shape index (κ2) is 7.75. The summed E-state index contributed by atoms with van der Waals surface area (Å²) < 4.78 is 12.9. The van der Waals surface area contributed by atoms with E-state index in [1.54, 1.807) is 12.1 Å². The highest BCUT2D eigenvalue weighted by Crippen LogP contribution is 2.08. The van der Waals surface area contributed by atoms with Crippen LogP contribution in [0.2, 0.25) is 0 Å². The Labute approximate surface area is 118 Å². The summed E-state index contributed by atoms with van der Waals surface area (Å²) in [5.74, 6) is -0.440. The molecule has 2 rings (SSSR count). The van der Waals surface area contributed by atoms with Crippen LogP contribution in [0.3, 0.4) is 0 Å². The summed E-state index contributed by atoms with van der Waals surface area (Å²) in [5, 5.41) is 3.85. The van der Waals surface area contributed by atoms with Crippen LogP contribution in [0, 0.1) is 5.82 Å². The molecule has 1 aromatic rings. The highest BCUT2D eigenvalue weighted by molar-refractivity contribution is 5.83. The molecule has 1 fully saturated rings. The highest BCUT2D eigenvalue weighted by Gasteiger charge is 2.12. The van der Waals surface area contributed by atoms with Crippen molar-refractivity contribution in [3.05, 3.63) is 35.6 Å². The van der Waals surface area contributed by atoms with Crippen molar-refractivity contribution in [2.45, 2.75) is 25.7 Å². The van der Waals surface area contributed by atoms with Crippen molar-refractivity contribution in [1.82, 2.24) is 10.3 Å². The summed E-state index contributed by atoms with van der Waals surface area (Å²) in [7, 11) is 0. The molecule has 0 radical (unpaired) electrons. The van der Waals surface area contributed by atoms with Crippen molar-refractivity contribution in [2.24, 2.45) is 5.10 Å². The van der Waals surface area contributed by atoms with Crippen molar-refractivity contribution >= 4 is 12.1 Å². The van der Waals surface area contributed by atoms with E-state index in [-0.39, 0.29) is 11.7 Å². The third-order valence-corrected chi connectivity index (χ3v) is 3.32. The standard InChI is InChI=1S/C15H20FN3O/c16-14-7-5-6-13(10-14)11-17-18-15(20)12-19-8-3-1-2-4-9-19/h5-7,10-11H,1-4,8-9,12H2,(H,18,20)/b17-11-. The van der Waals surface area contributed by atoms with E-state index in [9.17, 15) is 9.18 Å². The van der Waals surface area contributed by atoms with E-state index in [4.69, 9.17) is 0 Å². The first-order chi connectivity index (χ1) is 9.74. The molecule has 0 aromatic heterocycles. The normalized spacial score (nSPS) is 17.1. The van der Waals surface area contributed by atoms with Gasteiger partial charge in [0.05, 0.1) is 12.8 Å². The zero-order chi connectivity index (χ0) is 14.2.